The van der Waals surface area contributed by atoms with E-state index in [0.29, 0.717) is 17.2 Å². The number of carbonyl (C=O) groups is 1. The van der Waals surface area contributed by atoms with Crippen molar-refractivity contribution in [3.63, 3.8) is 0 Å². The zero-order valence-electron chi connectivity index (χ0n) is 14.1. The highest BCUT2D eigenvalue weighted by atomic mass is 32.1. The molecule has 1 aliphatic heterocycles. The number of hydrogen-bond acceptors (Lipinski definition) is 7. The van der Waals surface area contributed by atoms with E-state index in [0.717, 1.165) is 15.2 Å². The van der Waals surface area contributed by atoms with E-state index in [-0.39, 0.29) is 18.0 Å². The minimum Gasteiger partial charge on any atom is -0.454 e. The van der Waals surface area contributed by atoms with Gasteiger partial charge in [0.2, 0.25) is 12.7 Å². The summed E-state index contributed by atoms with van der Waals surface area (Å²) in [5.74, 6) is 0.325. The summed E-state index contributed by atoms with van der Waals surface area (Å²) in [6.45, 7) is 1.93. The number of hydrogen-bond donors (Lipinski definition) is 1. The minimum atomic E-state index is -0.528. The van der Waals surface area contributed by atoms with Gasteiger partial charge in [0, 0.05) is 11.8 Å². The van der Waals surface area contributed by atoms with Crippen molar-refractivity contribution in [1.29, 1.82) is 0 Å². The van der Waals surface area contributed by atoms with Crippen LogP contribution in [0.2, 0.25) is 0 Å². The summed E-state index contributed by atoms with van der Waals surface area (Å²) in [6.07, 6.45) is 2.62. The third-order valence-electron chi connectivity index (χ3n) is 3.90. The van der Waals surface area contributed by atoms with E-state index in [1.807, 2.05) is 19.1 Å². The van der Waals surface area contributed by atoms with Gasteiger partial charge in [-0.1, -0.05) is 0 Å². The molecule has 0 atom stereocenters. The van der Waals surface area contributed by atoms with Crippen molar-refractivity contribution in [3.8, 4) is 11.5 Å². The summed E-state index contributed by atoms with van der Waals surface area (Å²) in [5.41, 5.74) is 1.60. The Morgan fingerprint density at radius 2 is 2.07 bits per heavy atom. The molecule has 8 nitrogen and oxygen atoms in total. The molecule has 1 aliphatic rings. The Morgan fingerprint density at radius 3 is 2.85 bits per heavy atom. The first-order chi connectivity index (χ1) is 13.0. The molecule has 0 bridgehead atoms. The lowest BCUT2D eigenvalue weighted by Gasteiger charge is -2.03. The monoisotopic (exact) mass is 383 g/mol. The number of amides is 1. The van der Waals surface area contributed by atoms with Gasteiger partial charge in [0.1, 0.15) is 0 Å². The van der Waals surface area contributed by atoms with Crippen LogP contribution >= 0.6 is 11.3 Å². The van der Waals surface area contributed by atoms with Crippen molar-refractivity contribution in [3.05, 3.63) is 57.1 Å². The van der Waals surface area contributed by atoms with Crippen molar-refractivity contribution in [2.24, 2.45) is 0 Å². The Balaban J connectivity index is 1.55. The van der Waals surface area contributed by atoms with E-state index in [1.165, 1.54) is 35.6 Å². The first-order valence-electron chi connectivity index (χ1n) is 7.94. The van der Waals surface area contributed by atoms with E-state index in [4.69, 9.17) is 9.47 Å². The number of thiazole rings is 1. The van der Waals surface area contributed by atoms with E-state index in [2.05, 4.69) is 10.3 Å². The van der Waals surface area contributed by atoms with E-state index in [9.17, 15) is 14.9 Å². The van der Waals surface area contributed by atoms with Gasteiger partial charge < -0.3 is 14.8 Å². The third kappa shape index (κ3) is 3.44. The fraction of sp³-hybridized carbons (Fsp3) is 0.111. The maximum Gasteiger partial charge on any atom is 0.280 e. The average molecular weight is 383 g/mol. The maximum atomic E-state index is 12.2. The number of anilines is 1. The minimum absolute atomic E-state index is 0.0136. The molecule has 136 valence electrons. The third-order valence-corrected chi connectivity index (χ3v) is 4.83. The average Bonchev–Trinajstić information content (AvgIpc) is 3.23. The van der Waals surface area contributed by atoms with Gasteiger partial charge >= 0.3 is 0 Å². The van der Waals surface area contributed by atoms with Crippen molar-refractivity contribution in [2.45, 2.75) is 6.92 Å². The number of aromatic nitrogens is 1. The number of rotatable bonds is 4. The van der Waals surface area contributed by atoms with E-state index < -0.39 is 10.8 Å². The van der Waals surface area contributed by atoms with Crippen molar-refractivity contribution in [1.82, 2.24) is 4.98 Å². The van der Waals surface area contributed by atoms with Gasteiger partial charge in [0.05, 0.1) is 31.8 Å². The number of nitro groups is 1. The summed E-state index contributed by atoms with van der Waals surface area (Å²) in [7, 11) is 0. The first kappa shape index (κ1) is 17.0. The van der Waals surface area contributed by atoms with Crippen LogP contribution in [0, 0.1) is 17.0 Å². The van der Waals surface area contributed by atoms with Crippen LogP contribution in [0.5, 0.6) is 11.5 Å². The quantitative estimate of drug-likeness (QED) is 0.416. The first-order valence-corrected chi connectivity index (χ1v) is 8.75. The van der Waals surface area contributed by atoms with Gasteiger partial charge in [-0.2, -0.15) is 0 Å². The van der Waals surface area contributed by atoms with Gasteiger partial charge in [0.15, 0.2) is 11.5 Å². The Bertz CT molecular complexity index is 1110. The lowest BCUT2D eigenvalue weighted by Crippen LogP contribution is -2.07. The van der Waals surface area contributed by atoms with Crippen LogP contribution in [-0.2, 0) is 4.79 Å². The fourth-order valence-corrected chi connectivity index (χ4v) is 3.57. The summed E-state index contributed by atoms with van der Waals surface area (Å²) in [5, 5.41) is 14.9. The molecular formula is C18H13N3O5S. The zero-order valence-corrected chi connectivity index (χ0v) is 14.9. The molecule has 4 rings (SSSR count). The molecule has 0 saturated heterocycles. The van der Waals surface area contributed by atoms with E-state index >= 15 is 0 Å². The number of benzene rings is 2. The Kier molecular flexibility index (Phi) is 4.21. The van der Waals surface area contributed by atoms with Gasteiger partial charge in [-0.25, -0.2) is 4.98 Å². The molecule has 0 fully saturated rings. The summed E-state index contributed by atoms with van der Waals surface area (Å²) >= 11 is 1.54. The zero-order chi connectivity index (χ0) is 19.0. The number of nitrogens with zero attached hydrogens (tertiary/aromatic N) is 2. The van der Waals surface area contributed by atoms with Crippen LogP contribution in [0.25, 0.3) is 16.3 Å². The van der Waals surface area contributed by atoms with Crippen molar-refractivity contribution >= 4 is 44.9 Å². The van der Waals surface area contributed by atoms with Crippen LogP contribution in [0.4, 0.5) is 11.4 Å². The van der Waals surface area contributed by atoms with Crippen LogP contribution in [0.15, 0.2) is 36.4 Å². The van der Waals surface area contributed by atoms with Gasteiger partial charge in [0.25, 0.3) is 5.69 Å². The Morgan fingerprint density at radius 1 is 1.30 bits per heavy atom. The molecule has 0 aliphatic carbocycles. The second-order valence-corrected chi connectivity index (χ2v) is 6.99. The smallest absolute Gasteiger partial charge is 0.280 e. The predicted octanol–water partition coefficient (Wildman–Crippen LogP) is 3.89. The highest BCUT2D eigenvalue weighted by molar-refractivity contribution is 7.18. The van der Waals surface area contributed by atoms with Crippen LogP contribution in [0.1, 0.15) is 10.6 Å². The molecule has 1 N–H and O–H groups in total. The molecule has 0 unspecified atom stereocenters. The normalized spacial score (nSPS) is 12.6. The topological polar surface area (TPSA) is 104 Å². The highest BCUT2D eigenvalue weighted by Gasteiger charge is 2.22. The molecule has 3 aromatic rings. The van der Waals surface area contributed by atoms with Crippen LogP contribution in [-0.4, -0.2) is 22.6 Å². The lowest BCUT2D eigenvalue weighted by atomic mass is 10.1. The van der Waals surface area contributed by atoms with E-state index in [1.54, 1.807) is 6.07 Å². The number of aryl methyl sites for hydroxylation is 1. The molecule has 27 heavy (non-hydrogen) atoms. The summed E-state index contributed by atoms with van der Waals surface area (Å²) < 4.78 is 11.4. The standard InChI is InChI=1S/C18H13N3O5S/c1-10-19-13-4-3-12(7-17(13)27-10)20-18(22)5-2-11-6-15-16(26-9-25-15)8-14(11)21(23)24/h2-8H,9H2,1H3,(H,20,22)/b5-2+. The number of nitrogens with one attached hydrogen (secondary N) is 1. The summed E-state index contributed by atoms with van der Waals surface area (Å²) in [6, 6.07) is 8.21. The Hall–Kier alpha value is -3.46. The second kappa shape index (κ2) is 6.69. The predicted molar refractivity (Wildman–Crippen MR) is 101 cm³/mol. The van der Waals surface area contributed by atoms with Crippen LogP contribution < -0.4 is 14.8 Å². The largest absolute Gasteiger partial charge is 0.454 e. The van der Waals surface area contributed by atoms with Crippen molar-refractivity contribution < 1.29 is 19.2 Å². The maximum absolute atomic E-state index is 12.2. The fourth-order valence-electron chi connectivity index (χ4n) is 2.71. The second-order valence-electron chi connectivity index (χ2n) is 5.76. The van der Waals surface area contributed by atoms with Gasteiger partial charge in [-0.15, -0.1) is 11.3 Å². The molecule has 0 saturated carbocycles. The lowest BCUT2D eigenvalue weighted by molar-refractivity contribution is -0.385. The molecule has 9 heteroatoms. The number of carbonyl (C=O) groups excluding carboxylic acids is 1. The summed E-state index contributed by atoms with van der Waals surface area (Å²) in [4.78, 5) is 27.3. The SMILES string of the molecule is Cc1nc2ccc(NC(=O)/C=C/c3cc4c(cc3[N+](=O)[O-])OCO4)cc2s1. The number of nitro benzene ring substituents is 1. The van der Waals surface area contributed by atoms with Gasteiger partial charge in [-0.3, -0.25) is 14.9 Å². The number of fused-ring (bicyclic) bond motifs is 2. The molecule has 2 heterocycles. The van der Waals surface area contributed by atoms with Crippen molar-refractivity contribution in [2.75, 3.05) is 12.1 Å². The Labute approximate surface area is 157 Å². The molecule has 0 spiro atoms. The van der Waals surface area contributed by atoms with Gasteiger partial charge in [-0.05, 0) is 37.3 Å². The van der Waals surface area contributed by atoms with Crippen LogP contribution in [0.3, 0.4) is 0 Å². The molecular weight excluding hydrogens is 370 g/mol. The molecule has 1 aromatic heterocycles. The molecule has 2 aromatic carbocycles. The number of ether oxygens (including phenoxy) is 2. The molecule has 0 radical (unpaired) electrons. The molecule has 1 amide bonds. The highest BCUT2D eigenvalue weighted by Crippen LogP contribution is 2.38.